The topological polar surface area (TPSA) is 104 Å². The highest BCUT2D eigenvalue weighted by Crippen LogP contribution is 2.10. The van der Waals surface area contributed by atoms with E-state index in [1.165, 1.54) is 4.90 Å². The summed E-state index contributed by atoms with van der Waals surface area (Å²) < 4.78 is 24.9. The maximum Gasteiger partial charge on any atom is 0.320 e. The van der Waals surface area contributed by atoms with E-state index in [2.05, 4.69) is 4.72 Å². The predicted molar refractivity (Wildman–Crippen MR) is 55.2 cm³/mol. The molecule has 0 saturated carbocycles. The molecule has 1 aliphatic rings. The molecule has 0 bridgehead atoms. The van der Waals surface area contributed by atoms with Crippen LogP contribution in [0.25, 0.3) is 0 Å². The minimum Gasteiger partial charge on any atom is -0.480 e. The Morgan fingerprint density at radius 3 is 2.75 bits per heavy atom. The van der Waals surface area contributed by atoms with Gasteiger partial charge in [0.25, 0.3) is 0 Å². The summed E-state index contributed by atoms with van der Waals surface area (Å²) in [4.78, 5) is 22.9. The van der Waals surface area contributed by atoms with Crippen LogP contribution < -0.4 is 4.72 Å². The lowest BCUT2D eigenvalue weighted by molar-refractivity contribution is -0.134. The third kappa shape index (κ3) is 3.78. The third-order valence-electron chi connectivity index (χ3n) is 2.29. The molecular formula is C8H14N2O5S. The molecule has 16 heavy (non-hydrogen) atoms. The van der Waals surface area contributed by atoms with Crippen LogP contribution in [0.4, 0.5) is 0 Å². The number of carbonyl (C=O) groups is 2. The number of hydrogen-bond donors (Lipinski definition) is 2. The highest BCUT2D eigenvalue weighted by Gasteiger charge is 2.27. The zero-order valence-electron chi connectivity index (χ0n) is 8.84. The Morgan fingerprint density at radius 2 is 2.25 bits per heavy atom. The molecule has 1 aliphatic heterocycles. The molecule has 0 radical (unpaired) electrons. The molecule has 1 amide bonds. The molecule has 1 atom stereocenters. The SMILES string of the molecule is CN1CC(NS(=O)(=O)CC(=O)O)CCC1=O. The number of carboxylic acids is 1. The molecule has 0 aromatic heterocycles. The predicted octanol–water partition coefficient (Wildman–Crippen LogP) is -1.39. The van der Waals surface area contributed by atoms with Gasteiger partial charge in [-0.25, -0.2) is 13.1 Å². The summed E-state index contributed by atoms with van der Waals surface area (Å²) in [5, 5.41) is 8.39. The second-order valence-electron chi connectivity index (χ2n) is 3.78. The van der Waals surface area contributed by atoms with Crippen molar-refractivity contribution < 1.29 is 23.1 Å². The van der Waals surface area contributed by atoms with Crippen molar-refractivity contribution in [3.8, 4) is 0 Å². The van der Waals surface area contributed by atoms with Gasteiger partial charge in [0.1, 0.15) is 0 Å². The lowest BCUT2D eigenvalue weighted by Crippen LogP contribution is -2.49. The number of rotatable bonds is 4. The Kier molecular flexibility index (Phi) is 3.87. The van der Waals surface area contributed by atoms with Crippen LogP contribution in [0.5, 0.6) is 0 Å². The van der Waals surface area contributed by atoms with Gasteiger partial charge in [-0.1, -0.05) is 0 Å². The highest BCUT2D eigenvalue weighted by atomic mass is 32.2. The number of sulfonamides is 1. The van der Waals surface area contributed by atoms with Gasteiger partial charge < -0.3 is 10.0 Å². The van der Waals surface area contributed by atoms with Crippen LogP contribution in [0.3, 0.4) is 0 Å². The molecule has 0 aliphatic carbocycles. The number of likely N-dealkylation sites (tertiary alicyclic amines) is 1. The van der Waals surface area contributed by atoms with Gasteiger partial charge in [-0.15, -0.1) is 0 Å². The van der Waals surface area contributed by atoms with Crippen molar-refractivity contribution in [2.45, 2.75) is 18.9 Å². The van der Waals surface area contributed by atoms with E-state index < -0.39 is 27.8 Å². The van der Waals surface area contributed by atoms with Crippen LogP contribution in [-0.2, 0) is 19.6 Å². The lowest BCUT2D eigenvalue weighted by Gasteiger charge is -2.29. The summed E-state index contributed by atoms with van der Waals surface area (Å²) in [5.74, 6) is -2.37. The monoisotopic (exact) mass is 250 g/mol. The number of hydrogen-bond acceptors (Lipinski definition) is 4. The Balaban J connectivity index is 2.55. The zero-order chi connectivity index (χ0) is 12.3. The maximum atomic E-state index is 11.3. The molecule has 92 valence electrons. The second-order valence-corrected chi connectivity index (χ2v) is 5.53. The molecule has 1 unspecified atom stereocenters. The number of aliphatic carboxylic acids is 1. The first-order valence-corrected chi connectivity index (χ1v) is 6.41. The summed E-state index contributed by atoms with van der Waals surface area (Å²) in [6.07, 6.45) is 0.679. The maximum absolute atomic E-state index is 11.3. The lowest BCUT2D eigenvalue weighted by atomic mass is 10.1. The standard InChI is InChI=1S/C8H14N2O5S/c1-10-4-6(2-3-7(10)11)9-16(14,15)5-8(12)13/h6,9H,2-5H2,1H3,(H,12,13). The van der Waals surface area contributed by atoms with Crippen LogP contribution in [0.15, 0.2) is 0 Å². The molecular weight excluding hydrogens is 236 g/mol. The van der Waals surface area contributed by atoms with Gasteiger partial charge >= 0.3 is 5.97 Å². The van der Waals surface area contributed by atoms with E-state index in [4.69, 9.17) is 5.11 Å². The van der Waals surface area contributed by atoms with Crippen LogP contribution in [0.1, 0.15) is 12.8 Å². The molecule has 8 heteroatoms. The number of amides is 1. The van der Waals surface area contributed by atoms with Gasteiger partial charge in [0.05, 0.1) is 0 Å². The van der Waals surface area contributed by atoms with E-state index in [0.29, 0.717) is 6.42 Å². The summed E-state index contributed by atoms with van der Waals surface area (Å²) in [6.45, 7) is 0.275. The number of piperidine rings is 1. The minimum absolute atomic E-state index is 0.0336. The Labute approximate surface area is 93.5 Å². The zero-order valence-corrected chi connectivity index (χ0v) is 9.66. The van der Waals surface area contributed by atoms with Crippen molar-refractivity contribution in [1.29, 1.82) is 0 Å². The fourth-order valence-electron chi connectivity index (χ4n) is 1.57. The number of likely N-dealkylation sites (N-methyl/N-ethyl adjacent to an activating group) is 1. The fourth-order valence-corrected chi connectivity index (χ4v) is 2.68. The van der Waals surface area contributed by atoms with Gasteiger partial charge in [0.2, 0.25) is 15.9 Å². The van der Waals surface area contributed by atoms with Crippen molar-refractivity contribution in [2.75, 3.05) is 19.3 Å². The molecule has 0 aromatic rings. The largest absolute Gasteiger partial charge is 0.480 e. The van der Waals surface area contributed by atoms with E-state index in [1.54, 1.807) is 7.05 Å². The van der Waals surface area contributed by atoms with Crippen molar-refractivity contribution in [3.05, 3.63) is 0 Å². The van der Waals surface area contributed by atoms with Crippen LogP contribution in [0.2, 0.25) is 0 Å². The number of carboxylic acid groups (broad SMARTS) is 1. The molecule has 1 rings (SSSR count). The summed E-state index contributed by atoms with van der Waals surface area (Å²) in [6, 6.07) is -0.396. The van der Waals surface area contributed by atoms with Crippen LogP contribution in [0, 0.1) is 0 Å². The first kappa shape index (κ1) is 12.9. The normalized spacial score (nSPS) is 22.2. The summed E-state index contributed by atoms with van der Waals surface area (Å²) in [7, 11) is -2.23. The van der Waals surface area contributed by atoms with E-state index in [9.17, 15) is 18.0 Å². The van der Waals surface area contributed by atoms with E-state index in [1.807, 2.05) is 0 Å². The first-order chi connectivity index (χ1) is 7.30. The van der Waals surface area contributed by atoms with Gasteiger partial charge in [-0.3, -0.25) is 9.59 Å². The number of nitrogens with one attached hydrogen (secondary N) is 1. The third-order valence-corrected chi connectivity index (χ3v) is 3.61. The Morgan fingerprint density at radius 1 is 1.62 bits per heavy atom. The number of nitrogens with zero attached hydrogens (tertiary/aromatic N) is 1. The summed E-state index contributed by atoms with van der Waals surface area (Å²) in [5.41, 5.74) is 0. The van der Waals surface area contributed by atoms with E-state index in [-0.39, 0.29) is 18.9 Å². The first-order valence-electron chi connectivity index (χ1n) is 4.76. The molecule has 1 fully saturated rings. The van der Waals surface area contributed by atoms with Crippen molar-refractivity contribution >= 4 is 21.9 Å². The second kappa shape index (κ2) is 4.79. The molecule has 0 spiro atoms. The Hall–Kier alpha value is -1.15. The minimum atomic E-state index is -3.81. The number of carbonyl (C=O) groups excluding carboxylic acids is 1. The highest BCUT2D eigenvalue weighted by molar-refractivity contribution is 7.90. The molecule has 1 saturated heterocycles. The molecule has 2 N–H and O–H groups in total. The van der Waals surface area contributed by atoms with Gasteiger partial charge in [-0.2, -0.15) is 0 Å². The van der Waals surface area contributed by atoms with Crippen LogP contribution >= 0.6 is 0 Å². The molecule has 7 nitrogen and oxygen atoms in total. The molecule has 0 aromatic carbocycles. The average Bonchev–Trinajstić information content (AvgIpc) is 2.08. The Bertz CT molecular complexity index is 391. The van der Waals surface area contributed by atoms with Gasteiger partial charge in [0.15, 0.2) is 5.75 Å². The molecule has 1 heterocycles. The van der Waals surface area contributed by atoms with Gasteiger partial charge in [0, 0.05) is 26.1 Å². The van der Waals surface area contributed by atoms with Crippen molar-refractivity contribution in [2.24, 2.45) is 0 Å². The fraction of sp³-hybridized carbons (Fsp3) is 0.750. The van der Waals surface area contributed by atoms with Crippen molar-refractivity contribution in [1.82, 2.24) is 9.62 Å². The van der Waals surface area contributed by atoms with Gasteiger partial charge in [-0.05, 0) is 6.42 Å². The van der Waals surface area contributed by atoms with E-state index >= 15 is 0 Å². The quantitative estimate of drug-likeness (QED) is 0.639. The average molecular weight is 250 g/mol. The smallest absolute Gasteiger partial charge is 0.320 e. The van der Waals surface area contributed by atoms with Crippen LogP contribution in [-0.4, -0.2) is 55.7 Å². The summed E-state index contributed by atoms with van der Waals surface area (Å²) >= 11 is 0. The van der Waals surface area contributed by atoms with E-state index in [0.717, 1.165) is 0 Å². The van der Waals surface area contributed by atoms with Crippen molar-refractivity contribution in [3.63, 3.8) is 0 Å².